The number of carbonyl (C=O) groups excluding carboxylic acids is 2. The van der Waals surface area contributed by atoms with Gasteiger partial charge < -0.3 is 14.6 Å². The lowest BCUT2D eigenvalue weighted by Gasteiger charge is -2.27. The van der Waals surface area contributed by atoms with Crippen LogP contribution in [0.4, 0.5) is 5.69 Å². The Morgan fingerprint density at radius 1 is 0.821 bits per heavy atom. The van der Waals surface area contributed by atoms with Crippen LogP contribution in [0.2, 0.25) is 0 Å². The number of hydrogen-bond donors (Lipinski definition) is 1. The Morgan fingerprint density at radius 3 is 2.26 bits per heavy atom. The Labute approximate surface area is 227 Å². The number of para-hydroxylation sites is 2. The first kappa shape index (κ1) is 25.8. The number of rotatable bonds is 7. The number of nitrogens with zero attached hydrogens (tertiary/aromatic N) is 1. The summed E-state index contributed by atoms with van der Waals surface area (Å²) < 4.78 is 11.7. The summed E-state index contributed by atoms with van der Waals surface area (Å²) >= 11 is 0. The van der Waals surface area contributed by atoms with Crippen molar-refractivity contribution in [2.75, 3.05) is 11.5 Å². The van der Waals surface area contributed by atoms with Crippen LogP contribution in [0.3, 0.4) is 0 Å². The van der Waals surface area contributed by atoms with Crippen LogP contribution in [0.1, 0.15) is 35.2 Å². The van der Waals surface area contributed by atoms with Crippen molar-refractivity contribution in [3.63, 3.8) is 0 Å². The van der Waals surface area contributed by atoms with E-state index in [4.69, 9.17) is 9.47 Å². The molecule has 1 aliphatic heterocycles. The number of aliphatic hydroxyl groups excluding tert-OH is 1. The number of benzene rings is 4. The summed E-state index contributed by atoms with van der Waals surface area (Å²) in [5, 5.41) is 11.5. The molecule has 6 heteroatoms. The first-order valence-corrected chi connectivity index (χ1v) is 12.8. The van der Waals surface area contributed by atoms with Crippen LogP contribution in [-0.2, 0) is 9.59 Å². The molecule has 6 nitrogen and oxygen atoms in total. The number of amides is 1. The van der Waals surface area contributed by atoms with E-state index in [1.54, 1.807) is 30.3 Å². The lowest BCUT2D eigenvalue weighted by atomic mass is 9.94. The third kappa shape index (κ3) is 5.01. The number of aliphatic hydroxyl groups is 1. The van der Waals surface area contributed by atoms with Gasteiger partial charge in [0.15, 0.2) is 0 Å². The lowest BCUT2D eigenvalue weighted by molar-refractivity contribution is -0.132. The molecule has 0 radical (unpaired) electrons. The van der Waals surface area contributed by atoms with Crippen LogP contribution in [0, 0.1) is 13.8 Å². The normalized spacial score (nSPS) is 16.4. The maximum absolute atomic E-state index is 13.6. The fourth-order valence-corrected chi connectivity index (χ4v) is 4.87. The Hall–Kier alpha value is -4.84. The maximum Gasteiger partial charge on any atom is 0.300 e. The fourth-order valence-electron chi connectivity index (χ4n) is 4.87. The van der Waals surface area contributed by atoms with Crippen molar-refractivity contribution in [1.82, 2.24) is 0 Å². The zero-order valence-electron chi connectivity index (χ0n) is 22.0. The molecule has 0 aliphatic carbocycles. The van der Waals surface area contributed by atoms with Gasteiger partial charge in [-0.25, -0.2) is 0 Å². The lowest BCUT2D eigenvalue weighted by Crippen LogP contribution is -2.30. The Kier molecular flexibility index (Phi) is 7.19. The van der Waals surface area contributed by atoms with Crippen LogP contribution in [-0.4, -0.2) is 23.4 Å². The first-order chi connectivity index (χ1) is 18.9. The van der Waals surface area contributed by atoms with E-state index in [1.165, 1.54) is 4.90 Å². The largest absolute Gasteiger partial charge is 0.507 e. The van der Waals surface area contributed by atoms with Crippen molar-refractivity contribution in [3.8, 4) is 17.2 Å². The van der Waals surface area contributed by atoms with Gasteiger partial charge in [0.05, 0.1) is 18.2 Å². The van der Waals surface area contributed by atoms with E-state index >= 15 is 0 Å². The van der Waals surface area contributed by atoms with Gasteiger partial charge in [-0.15, -0.1) is 0 Å². The summed E-state index contributed by atoms with van der Waals surface area (Å²) in [6, 6.07) is 28.3. The van der Waals surface area contributed by atoms with Gasteiger partial charge in [0.25, 0.3) is 11.7 Å². The number of carbonyl (C=O) groups is 2. The van der Waals surface area contributed by atoms with Crippen molar-refractivity contribution >= 4 is 23.1 Å². The van der Waals surface area contributed by atoms with Crippen LogP contribution < -0.4 is 14.4 Å². The van der Waals surface area contributed by atoms with Gasteiger partial charge in [-0.05, 0) is 86.0 Å². The van der Waals surface area contributed by atoms with Crippen molar-refractivity contribution < 1.29 is 24.2 Å². The average molecular weight is 520 g/mol. The third-order valence-electron chi connectivity index (χ3n) is 6.72. The zero-order chi connectivity index (χ0) is 27.5. The standard InChI is InChI=1S/C33H29NO5/c1-4-38-28-18-17-24(19-22(28)3)31(35)29-30(34(33(37)32(29)36)27-16-9-8-11-21(27)2)23-12-10-15-26(20-23)39-25-13-6-5-7-14-25/h5-20,30,35H,4H2,1-3H3/b31-29+. The molecule has 0 spiro atoms. The average Bonchev–Trinajstić information content (AvgIpc) is 3.20. The molecular formula is C33H29NO5. The monoisotopic (exact) mass is 519 g/mol. The molecule has 0 bridgehead atoms. The number of ether oxygens (including phenoxy) is 2. The Bertz CT molecular complexity index is 1570. The number of hydrogen-bond acceptors (Lipinski definition) is 5. The second-order valence-electron chi connectivity index (χ2n) is 9.36. The van der Waals surface area contributed by atoms with Crippen LogP contribution in [0.15, 0.2) is 103 Å². The molecule has 196 valence electrons. The van der Waals surface area contributed by atoms with E-state index in [2.05, 4.69) is 0 Å². The highest BCUT2D eigenvalue weighted by molar-refractivity contribution is 6.51. The van der Waals surface area contributed by atoms with E-state index in [0.717, 1.165) is 11.1 Å². The Morgan fingerprint density at radius 2 is 1.54 bits per heavy atom. The van der Waals surface area contributed by atoms with E-state index in [9.17, 15) is 14.7 Å². The highest BCUT2D eigenvalue weighted by atomic mass is 16.5. The molecule has 0 aromatic heterocycles. The number of aryl methyl sites for hydroxylation is 2. The summed E-state index contributed by atoms with van der Waals surface area (Å²) in [5.74, 6) is 0.208. The Balaban J connectivity index is 1.67. The molecule has 1 unspecified atom stereocenters. The third-order valence-corrected chi connectivity index (χ3v) is 6.72. The molecule has 1 saturated heterocycles. The SMILES string of the molecule is CCOc1ccc(/C(O)=C2\C(=O)C(=O)N(c3ccccc3C)C2c2cccc(Oc3ccccc3)c2)cc1C. The molecular weight excluding hydrogens is 490 g/mol. The van der Waals surface area contributed by atoms with Gasteiger partial charge in [0, 0.05) is 11.3 Å². The fraction of sp³-hybridized carbons (Fsp3) is 0.152. The van der Waals surface area contributed by atoms with Crippen LogP contribution in [0.25, 0.3) is 5.76 Å². The second-order valence-corrected chi connectivity index (χ2v) is 9.36. The van der Waals surface area contributed by atoms with Crippen LogP contribution in [0.5, 0.6) is 17.2 Å². The topological polar surface area (TPSA) is 76.1 Å². The van der Waals surface area contributed by atoms with Crippen LogP contribution >= 0.6 is 0 Å². The molecule has 0 saturated carbocycles. The highest BCUT2D eigenvalue weighted by Crippen LogP contribution is 2.44. The molecule has 1 amide bonds. The van der Waals surface area contributed by atoms with Gasteiger partial charge in [-0.2, -0.15) is 0 Å². The van der Waals surface area contributed by atoms with Crippen molar-refractivity contribution in [2.45, 2.75) is 26.8 Å². The summed E-state index contributed by atoms with van der Waals surface area (Å²) in [6.07, 6.45) is 0. The predicted octanol–water partition coefficient (Wildman–Crippen LogP) is 7.12. The van der Waals surface area contributed by atoms with Crippen molar-refractivity contribution in [3.05, 3.63) is 125 Å². The van der Waals surface area contributed by atoms with Gasteiger partial charge in [-0.3, -0.25) is 14.5 Å². The molecule has 1 heterocycles. The number of anilines is 1. The summed E-state index contributed by atoms with van der Waals surface area (Å²) in [6.45, 7) is 6.16. The predicted molar refractivity (Wildman–Crippen MR) is 151 cm³/mol. The van der Waals surface area contributed by atoms with E-state index in [1.807, 2.05) is 87.5 Å². The minimum Gasteiger partial charge on any atom is -0.507 e. The molecule has 39 heavy (non-hydrogen) atoms. The second kappa shape index (κ2) is 10.9. The molecule has 5 rings (SSSR count). The molecule has 4 aromatic carbocycles. The molecule has 1 N–H and O–H groups in total. The van der Waals surface area contributed by atoms with E-state index in [0.29, 0.717) is 40.7 Å². The summed E-state index contributed by atoms with van der Waals surface area (Å²) in [7, 11) is 0. The smallest absolute Gasteiger partial charge is 0.300 e. The van der Waals surface area contributed by atoms with Gasteiger partial charge in [-0.1, -0.05) is 48.5 Å². The van der Waals surface area contributed by atoms with Gasteiger partial charge in [0.2, 0.25) is 0 Å². The number of Topliss-reactive ketones (excluding diaryl/α,β-unsaturated/α-hetero) is 1. The van der Waals surface area contributed by atoms with E-state index in [-0.39, 0.29) is 11.3 Å². The molecule has 1 aliphatic rings. The molecule has 1 fully saturated rings. The number of ketones is 1. The maximum atomic E-state index is 13.6. The van der Waals surface area contributed by atoms with E-state index < -0.39 is 17.7 Å². The van der Waals surface area contributed by atoms with Gasteiger partial charge in [0.1, 0.15) is 23.0 Å². The first-order valence-electron chi connectivity index (χ1n) is 12.8. The van der Waals surface area contributed by atoms with Crippen molar-refractivity contribution in [1.29, 1.82) is 0 Å². The quantitative estimate of drug-likeness (QED) is 0.160. The summed E-state index contributed by atoms with van der Waals surface area (Å²) in [4.78, 5) is 28.6. The van der Waals surface area contributed by atoms with Crippen molar-refractivity contribution in [2.24, 2.45) is 0 Å². The van der Waals surface area contributed by atoms with Gasteiger partial charge >= 0.3 is 0 Å². The minimum absolute atomic E-state index is 0.0173. The summed E-state index contributed by atoms with van der Waals surface area (Å²) in [5.41, 5.74) is 3.32. The zero-order valence-corrected chi connectivity index (χ0v) is 22.0. The highest BCUT2D eigenvalue weighted by Gasteiger charge is 2.47. The molecule has 1 atom stereocenters. The minimum atomic E-state index is -0.864. The molecule has 4 aromatic rings.